The maximum absolute atomic E-state index is 12.6. The van der Waals surface area contributed by atoms with Crippen molar-refractivity contribution in [3.8, 4) is 0 Å². The van der Waals surface area contributed by atoms with E-state index in [0.29, 0.717) is 38.1 Å². The molecule has 0 bridgehead atoms. The molecule has 6 N–H and O–H groups in total. The maximum atomic E-state index is 12.6. The van der Waals surface area contributed by atoms with Gasteiger partial charge >= 0.3 is 11.9 Å². The van der Waals surface area contributed by atoms with Crippen LogP contribution in [0.4, 0.5) is 0 Å². The van der Waals surface area contributed by atoms with Gasteiger partial charge in [0.15, 0.2) is 0 Å². The Morgan fingerprint density at radius 3 is 2.14 bits per heavy atom. The first kappa shape index (κ1) is 25.8. The van der Waals surface area contributed by atoms with Crippen molar-refractivity contribution < 1.29 is 29.4 Å². The number of carbonyl (C=O) groups excluding carboxylic acids is 2. The van der Waals surface area contributed by atoms with Crippen LogP contribution in [0.1, 0.15) is 66.2 Å². The summed E-state index contributed by atoms with van der Waals surface area (Å²) in [6, 6.07) is -1.86. The van der Waals surface area contributed by atoms with Crippen LogP contribution in [0.2, 0.25) is 0 Å². The van der Waals surface area contributed by atoms with Gasteiger partial charge < -0.3 is 26.6 Å². The molecule has 0 aliphatic rings. The Hall–Kier alpha value is -2.16. The quantitative estimate of drug-likeness (QED) is 0.273. The van der Waals surface area contributed by atoms with Crippen LogP contribution in [-0.2, 0) is 19.2 Å². The topological polar surface area (TPSA) is 159 Å². The smallest absolute Gasteiger partial charge is 0.320 e. The molecule has 162 valence electrons. The number of unbranched alkanes of at least 4 members (excludes halogenated alkanes) is 1. The van der Waals surface area contributed by atoms with Crippen LogP contribution in [0.3, 0.4) is 0 Å². The van der Waals surface area contributed by atoms with E-state index in [1.165, 1.54) is 0 Å². The molecule has 0 spiro atoms. The average molecular weight is 402 g/mol. The van der Waals surface area contributed by atoms with Crippen LogP contribution in [0.15, 0.2) is 0 Å². The Labute approximate surface area is 166 Å². The highest BCUT2D eigenvalue weighted by Gasteiger charge is 2.32. The average Bonchev–Trinajstić information content (AvgIpc) is 2.55. The van der Waals surface area contributed by atoms with E-state index in [1.54, 1.807) is 13.8 Å². The minimum atomic E-state index is -1.07. The molecule has 2 unspecified atom stereocenters. The molecule has 0 rings (SSSR count). The SMILES string of the molecule is CC(C)CC(C)(C)C(=O)NC(CCC(=O)O)C(=O)NCCCCC(N)C(=O)O. The third-order valence-corrected chi connectivity index (χ3v) is 4.36. The number of aliphatic carboxylic acids is 2. The van der Waals surface area contributed by atoms with E-state index in [1.807, 2.05) is 13.8 Å². The molecular formula is C19H35N3O6. The molecule has 0 radical (unpaired) electrons. The van der Waals surface area contributed by atoms with Crippen molar-refractivity contribution in [1.29, 1.82) is 0 Å². The molecule has 0 aromatic heterocycles. The van der Waals surface area contributed by atoms with Gasteiger partial charge in [0.1, 0.15) is 12.1 Å². The second kappa shape index (κ2) is 12.3. The third kappa shape index (κ3) is 10.9. The van der Waals surface area contributed by atoms with Crippen LogP contribution in [0.25, 0.3) is 0 Å². The zero-order valence-corrected chi connectivity index (χ0v) is 17.3. The van der Waals surface area contributed by atoms with Crippen LogP contribution in [0, 0.1) is 11.3 Å². The van der Waals surface area contributed by atoms with Crippen molar-refractivity contribution >= 4 is 23.8 Å². The van der Waals surface area contributed by atoms with Crippen molar-refractivity contribution in [1.82, 2.24) is 10.6 Å². The van der Waals surface area contributed by atoms with Gasteiger partial charge in [-0.25, -0.2) is 0 Å². The molecule has 0 aromatic carbocycles. The first-order valence-corrected chi connectivity index (χ1v) is 9.65. The minimum absolute atomic E-state index is 0.00540. The second-order valence-electron chi connectivity index (χ2n) is 8.17. The first-order chi connectivity index (χ1) is 12.9. The van der Waals surface area contributed by atoms with Gasteiger partial charge in [-0.3, -0.25) is 19.2 Å². The Morgan fingerprint density at radius 2 is 1.64 bits per heavy atom. The van der Waals surface area contributed by atoms with Gasteiger partial charge in [0.25, 0.3) is 0 Å². The number of nitrogens with one attached hydrogen (secondary N) is 2. The fourth-order valence-corrected chi connectivity index (χ4v) is 2.95. The van der Waals surface area contributed by atoms with Crippen molar-refractivity contribution in [3.63, 3.8) is 0 Å². The van der Waals surface area contributed by atoms with Crippen LogP contribution in [0.5, 0.6) is 0 Å². The summed E-state index contributed by atoms with van der Waals surface area (Å²) in [5, 5.41) is 23.0. The normalized spacial score (nSPS) is 13.6. The molecule has 0 heterocycles. The fraction of sp³-hybridized carbons (Fsp3) is 0.789. The highest BCUT2D eigenvalue weighted by atomic mass is 16.4. The van der Waals surface area contributed by atoms with Gasteiger partial charge in [-0.2, -0.15) is 0 Å². The lowest BCUT2D eigenvalue weighted by molar-refractivity contribution is -0.139. The molecule has 0 fully saturated rings. The summed E-state index contributed by atoms with van der Waals surface area (Å²) in [5.41, 5.74) is 4.74. The van der Waals surface area contributed by atoms with Gasteiger partial charge in [-0.05, 0) is 38.0 Å². The fourth-order valence-electron chi connectivity index (χ4n) is 2.95. The zero-order chi connectivity index (χ0) is 21.9. The van der Waals surface area contributed by atoms with Crippen molar-refractivity contribution in [3.05, 3.63) is 0 Å². The summed E-state index contributed by atoms with van der Waals surface area (Å²) >= 11 is 0. The zero-order valence-electron chi connectivity index (χ0n) is 17.3. The van der Waals surface area contributed by atoms with Gasteiger partial charge in [-0.15, -0.1) is 0 Å². The molecule has 28 heavy (non-hydrogen) atoms. The number of carbonyl (C=O) groups is 4. The van der Waals surface area contributed by atoms with Crippen LogP contribution in [-0.4, -0.2) is 52.6 Å². The maximum Gasteiger partial charge on any atom is 0.320 e. The Balaban J connectivity index is 4.68. The summed E-state index contributed by atoms with van der Waals surface area (Å²) in [4.78, 5) is 46.5. The molecular weight excluding hydrogens is 366 g/mol. The summed E-state index contributed by atoms with van der Waals surface area (Å²) in [5.74, 6) is -2.55. The standard InChI is InChI=1S/C19H35N3O6/c1-12(2)11-19(3,4)18(28)22-14(8-9-15(23)24)16(25)21-10-6-5-7-13(20)17(26)27/h12-14H,5-11,20H2,1-4H3,(H,21,25)(H,22,28)(H,23,24)(H,26,27). The number of nitrogens with two attached hydrogens (primary N) is 1. The predicted octanol–water partition coefficient (Wildman–Crippen LogP) is 1.11. The number of carboxylic acids is 2. The lowest BCUT2D eigenvalue weighted by Gasteiger charge is -2.28. The number of carboxylic acid groups (broad SMARTS) is 2. The summed E-state index contributed by atoms with van der Waals surface area (Å²) in [6.45, 7) is 7.88. The van der Waals surface area contributed by atoms with E-state index in [-0.39, 0.29) is 18.7 Å². The Kier molecular flexibility index (Phi) is 11.4. The molecule has 0 aliphatic carbocycles. The first-order valence-electron chi connectivity index (χ1n) is 9.65. The molecule has 0 saturated carbocycles. The second-order valence-corrected chi connectivity index (χ2v) is 8.17. The number of amides is 2. The number of rotatable bonds is 14. The Morgan fingerprint density at radius 1 is 1.04 bits per heavy atom. The predicted molar refractivity (Wildman–Crippen MR) is 105 cm³/mol. The van der Waals surface area contributed by atoms with E-state index >= 15 is 0 Å². The number of hydrogen-bond donors (Lipinski definition) is 5. The monoisotopic (exact) mass is 401 g/mol. The molecule has 0 aromatic rings. The van der Waals surface area contributed by atoms with Crippen LogP contribution >= 0.6 is 0 Å². The highest BCUT2D eigenvalue weighted by Crippen LogP contribution is 2.25. The van der Waals surface area contributed by atoms with E-state index in [0.717, 1.165) is 0 Å². The molecule has 9 nitrogen and oxygen atoms in total. The van der Waals surface area contributed by atoms with E-state index in [9.17, 15) is 19.2 Å². The molecule has 0 saturated heterocycles. The minimum Gasteiger partial charge on any atom is -0.481 e. The van der Waals surface area contributed by atoms with E-state index < -0.39 is 35.3 Å². The lowest BCUT2D eigenvalue weighted by Crippen LogP contribution is -2.51. The summed E-state index contributed by atoms with van der Waals surface area (Å²) < 4.78 is 0. The van der Waals surface area contributed by atoms with E-state index in [4.69, 9.17) is 15.9 Å². The van der Waals surface area contributed by atoms with E-state index in [2.05, 4.69) is 10.6 Å². The lowest BCUT2D eigenvalue weighted by atomic mass is 9.83. The van der Waals surface area contributed by atoms with Gasteiger partial charge in [-0.1, -0.05) is 27.7 Å². The molecule has 9 heteroatoms. The highest BCUT2D eigenvalue weighted by molar-refractivity contribution is 5.90. The van der Waals surface area contributed by atoms with Crippen molar-refractivity contribution in [2.24, 2.45) is 17.1 Å². The molecule has 2 amide bonds. The van der Waals surface area contributed by atoms with Crippen LogP contribution < -0.4 is 16.4 Å². The molecule has 0 aliphatic heterocycles. The molecule has 2 atom stereocenters. The summed E-state index contributed by atoms with van der Waals surface area (Å²) in [7, 11) is 0. The Bertz CT molecular complexity index is 548. The van der Waals surface area contributed by atoms with Gasteiger partial charge in [0.05, 0.1) is 0 Å². The third-order valence-electron chi connectivity index (χ3n) is 4.36. The van der Waals surface area contributed by atoms with Gasteiger partial charge in [0.2, 0.25) is 11.8 Å². The number of hydrogen-bond acceptors (Lipinski definition) is 5. The van der Waals surface area contributed by atoms with Crippen molar-refractivity contribution in [2.75, 3.05) is 6.54 Å². The largest absolute Gasteiger partial charge is 0.481 e. The summed E-state index contributed by atoms with van der Waals surface area (Å²) in [6.07, 6.45) is 1.75. The van der Waals surface area contributed by atoms with Gasteiger partial charge in [0, 0.05) is 18.4 Å². The van der Waals surface area contributed by atoms with Crippen molar-refractivity contribution in [2.45, 2.75) is 78.3 Å².